The van der Waals surface area contributed by atoms with Gasteiger partial charge in [-0.2, -0.15) is 0 Å². The van der Waals surface area contributed by atoms with E-state index in [1.807, 2.05) is 25.1 Å². The zero-order chi connectivity index (χ0) is 21.6. The van der Waals surface area contributed by atoms with Gasteiger partial charge >= 0.3 is 0 Å². The summed E-state index contributed by atoms with van der Waals surface area (Å²) >= 11 is 0. The Kier molecular flexibility index (Phi) is 6.87. The van der Waals surface area contributed by atoms with Crippen molar-refractivity contribution in [3.63, 3.8) is 0 Å². The first kappa shape index (κ1) is 22.0. The lowest BCUT2D eigenvalue weighted by atomic mass is 9.67. The Bertz CT molecular complexity index is 863. The number of aromatic nitrogens is 2. The summed E-state index contributed by atoms with van der Waals surface area (Å²) in [6, 6.07) is 10.6. The molecular formula is C24H32N4O2. The highest BCUT2D eigenvalue weighted by atomic mass is 16.5. The van der Waals surface area contributed by atoms with Crippen molar-refractivity contribution in [2.75, 3.05) is 32.1 Å². The molecule has 0 spiro atoms. The van der Waals surface area contributed by atoms with Crippen LogP contribution >= 0.6 is 0 Å². The van der Waals surface area contributed by atoms with Crippen LogP contribution in [0.2, 0.25) is 0 Å². The lowest BCUT2D eigenvalue weighted by molar-refractivity contribution is -0.116. The van der Waals surface area contributed by atoms with Crippen molar-refractivity contribution < 1.29 is 9.53 Å². The van der Waals surface area contributed by atoms with E-state index in [2.05, 4.69) is 53.4 Å². The highest BCUT2D eigenvalue weighted by Gasteiger charge is 2.41. The van der Waals surface area contributed by atoms with Crippen LogP contribution in [0.1, 0.15) is 44.2 Å². The summed E-state index contributed by atoms with van der Waals surface area (Å²) in [5.41, 5.74) is 1.96. The minimum absolute atomic E-state index is 0.00978. The lowest BCUT2D eigenvalue weighted by Crippen LogP contribution is -2.45. The van der Waals surface area contributed by atoms with Gasteiger partial charge in [0.15, 0.2) is 0 Å². The Hall–Kier alpha value is -2.73. The average molecular weight is 409 g/mol. The van der Waals surface area contributed by atoms with Crippen LogP contribution in [0.3, 0.4) is 0 Å². The van der Waals surface area contributed by atoms with E-state index in [-0.39, 0.29) is 16.9 Å². The highest BCUT2D eigenvalue weighted by Crippen LogP contribution is 2.43. The summed E-state index contributed by atoms with van der Waals surface area (Å²) in [4.78, 5) is 22.7. The van der Waals surface area contributed by atoms with Crippen LogP contribution in [0.15, 0.2) is 48.8 Å². The van der Waals surface area contributed by atoms with E-state index in [1.165, 1.54) is 11.6 Å². The fourth-order valence-corrected chi connectivity index (χ4v) is 4.18. The molecule has 160 valence electrons. The second kappa shape index (κ2) is 9.39. The molecule has 1 fully saturated rings. The third-order valence-electron chi connectivity index (χ3n) is 5.61. The molecule has 0 bridgehead atoms. The molecule has 6 nitrogen and oxygen atoms in total. The zero-order valence-electron chi connectivity index (χ0n) is 18.4. The van der Waals surface area contributed by atoms with Gasteiger partial charge < -0.3 is 15.0 Å². The number of hydrogen-bond acceptors (Lipinski definition) is 5. The van der Waals surface area contributed by atoms with Crippen LogP contribution in [-0.4, -0.2) is 48.7 Å². The summed E-state index contributed by atoms with van der Waals surface area (Å²) < 4.78 is 5.97. The van der Waals surface area contributed by atoms with Crippen LogP contribution in [0, 0.1) is 0 Å². The van der Waals surface area contributed by atoms with E-state index >= 15 is 0 Å². The summed E-state index contributed by atoms with van der Waals surface area (Å²) in [6.07, 6.45) is 9.47. The van der Waals surface area contributed by atoms with Crippen molar-refractivity contribution in [3.05, 3.63) is 59.9 Å². The van der Waals surface area contributed by atoms with Gasteiger partial charge in [-0.25, -0.2) is 9.97 Å². The predicted octanol–water partition coefficient (Wildman–Crippen LogP) is 3.59. The van der Waals surface area contributed by atoms with Gasteiger partial charge in [-0.3, -0.25) is 4.79 Å². The standard InChI is InChI=1S/C24H32N4O2/c1-23(2)18-24(13-15-30-23,20-8-6-5-7-9-20)12-14-25-21(29)11-10-19-16-26-22(27-17-19)28(3)4/h5-11,16-17H,12-15,18H2,1-4H3,(H,25,29)/b11-10+. The smallest absolute Gasteiger partial charge is 0.244 e. The molecule has 2 heterocycles. The SMILES string of the molecule is CN(C)c1ncc(/C=C/C(=O)NCCC2(c3ccccc3)CCOC(C)(C)C2)cn1. The molecule has 1 aromatic heterocycles. The van der Waals surface area contributed by atoms with E-state index in [0.717, 1.165) is 31.4 Å². The monoisotopic (exact) mass is 408 g/mol. The van der Waals surface area contributed by atoms with Gasteiger partial charge in [0.05, 0.1) is 5.60 Å². The second-order valence-corrected chi connectivity index (χ2v) is 8.77. The molecule has 1 saturated heterocycles. The fourth-order valence-electron chi connectivity index (χ4n) is 4.18. The van der Waals surface area contributed by atoms with Crippen molar-refractivity contribution in [2.24, 2.45) is 0 Å². The zero-order valence-corrected chi connectivity index (χ0v) is 18.4. The highest BCUT2D eigenvalue weighted by molar-refractivity contribution is 5.91. The largest absolute Gasteiger partial charge is 0.376 e. The van der Waals surface area contributed by atoms with E-state index in [4.69, 9.17) is 4.74 Å². The molecule has 0 saturated carbocycles. The Morgan fingerprint density at radius 3 is 2.53 bits per heavy atom. The molecule has 2 aromatic rings. The van der Waals surface area contributed by atoms with Crippen molar-refractivity contribution in [1.82, 2.24) is 15.3 Å². The first-order valence-electron chi connectivity index (χ1n) is 10.4. The molecule has 1 N–H and O–H groups in total. The Balaban J connectivity index is 1.60. The summed E-state index contributed by atoms with van der Waals surface area (Å²) in [5.74, 6) is 0.531. The topological polar surface area (TPSA) is 67.4 Å². The minimum atomic E-state index is -0.170. The molecule has 0 radical (unpaired) electrons. The Morgan fingerprint density at radius 1 is 1.20 bits per heavy atom. The van der Waals surface area contributed by atoms with Crippen LogP contribution in [-0.2, 0) is 14.9 Å². The minimum Gasteiger partial charge on any atom is -0.376 e. The van der Waals surface area contributed by atoms with Gasteiger partial charge in [-0.15, -0.1) is 0 Å². The number of anilines is 1. The van der Waals surface area contributed by atoms with Gasteiger partial charge in [-0.1, -0.05) is 30.3 Å². The predicted molar refractivity (Wildman–Crippen MR) is 120 cm³/mol. The number of rotatable bonds is 7. The third-order valence-corrected chi connectivity index (χ3v) is 5.61. The van der Waals surface area contributed by atoms with Crippen LogP contribution in [0.4, 0.5) is 5.95 Å². The molecule has 6 heteroatoms. The summed E-state index contributed by atoms with van der Waals surface area (Å²) in [6.45, 7) is 5.65. The average Bonchev–Trinajstić information content (AvgIpc) is 2.72. The normalized spacial score (nSPS) is 20.8. The molecule has 1 aliphatic heterocycles. The van der Waals surface area contributed by atoms with Crippen LogP contribution in [0.5, 0.6) is 0 Å². The molecule has 1 unspecified atom stereocenters. The maximum Gasteiger partial charge on any atom is 0.244 e. The number of ether oxygens (including phenoxy) is 1. The van der Waals surface area contributed by atoms with Gasteiger partial charge in [0.2, 0.25) is 11.9 Å². The van der Waals surface area contributed by atoms with Gasteiger partial charge in [0, 0.05) is 56.7 Å². The van der Waals surface area contributed by atoms with Crippen molar-refractivity contribution in [3.8, 4) is 0 Å². The number of benzene rings is 1. The lowest BCUT2D eigenvalue weighted by Gasteiger charge is -2.45. The summed E-state index contributed by atoms with van der Waals surface area (Å²) in [5, 5.41) is 3.04. The number of carbonyl (C=O) groups is 1. The Morgan fingerprint density at radius 2 is 1.90 bits per heavy atom. The molecule has 0 aliphatic carbocycles. The third kappa shape index (κ3) is 5.66. The molecule has 1 aliphatic rings. The van der Waals surface area contributed by atoms with Crippen molar-refractivity contribution in [2.45, 2.75) is 44.1 Å². The van der Waals surface area contributed by atoms with Gasteiger partial charge in [0.1, 0.15) is 0 Å². The number of carbonyl (C=O) groups excluding carboxylic acids is 1. The first-order chi connectivity index (χ1) is 14.3. The van der Waals surface area contributed by atoms with Crippen molar-refractivity contribution >= 4 is 17.9 Å². The number of hydrogen-bond donors (Lipinski definition) is 1. The van der Waals surface area contributed by atoms with E-state index < -0.39 is 0 Å². The maximum absolute atomic E-state index is 12.3. The number of nitrogens with zero attached hydrogens (tertiary/aromatic N) is 3. The Labute approximate surface area is 179 Å². The molecule has 30 heavy (non-hydrogen) atoms. The summed E-state index contributed by atoms with van der Waals surface area (Å²) in [7, 11) is 3.78. The molecule has 1 amide bonds. The van der Waals surface area contributed by atoms with Gasteiger partial charge in [0.25, 0.3) is 0 Å². The fraction of sp³-hybridized carbons (Fsp3) is 0.458. The molecule has 1 aromatic carbocycles. The second-order valence-electron chi connectivity index (χ2n) is 8.77. The van der Waals surface area contributed by atoms with Crippen LogP contribution in [0.25, 0.3) is 6.08 Å². The quantitative estimate of drug-likeness (QED) is 0.709. The molecule has 3 rings (SSSR count). The molecular weight excluding hydrogens is 376 g/mol. The van der Waals surface area contributed by atoms with E-state index in [9.17, 15) is 4.79 Å². The number of amides is 1. The van der Waals surface area contributed by atoms with Gasteiger partial charge in [-0.05, 0) is 44.7 Å². The van der Waals surface area contributed by atoms with Crippen molar-refractivity contribution in [1.29, 1.82) is 0 Å². The van der Waals surface area contributed by atoms with E-state index in [0.29, 0.717) is 12.5 Å². The van der Waals surface area contributed by atoms with E-state index in [1.54, 1.807) is 18.5 Å². The van der Waals surface area contributed by atoms with Crippen LogP contribution < -0.4 is 10.2 Å². The number of nitrogens with one attached hydrogen (secondary N) is 1. The molecule has 1 atom stereocenters. The first-order valence-corrected chi connectivity index (χ1v) is 10.4. The maximum atomic E-state index is 12.3.